The molecule has 0 saturated carbocycles. The molecule has 7 heteroatoms. The van der Waals surface area contributed by atoms with Gasteiger partial charge in [-0.15, -0.1) is 0 Å². The second kappa shape index (κ2) is 8.91. The number of nitrogens with one attached hydrogen (secondary N) is 1. The molecule has 7 nitrogen and oxygen atoms in total. The van der Waals surface area contributed by atoms with Crippen molar-refractivity contribution < 1.29 is 23.8 Å². The lowest BCUT2D eigenvalue weighted by atomic mass is 9.77. The third-order valence-corrected chi connectivity index (χ3v) is 7.82. The van der Waals surface area contributed by atoms with Gasteiger partial charge in [-0.05, 0) is 53.4 Å². The maximum Gasteiger partial charge on any atom is 0.255 e. The zero-order valence-electron chi connectivity index (χ0n) is 21.4. The lowest BCUT2D eigenvalue weighted by Gasteiger charge is -2.23. The summed E-state index contributed by atoms with van der Waals surface area (Å²) < 4.78 is 17.2. The number of fused-ring (bicyclic) bond motifs is 5. The number of aryl methyl sites for hydroxylation is 1. The average molecular weight is 519 g/mol. The van der Waals surface area contributed by atoms with Crippen molar-refractivity contribution in [1.82, 2.24) is 0 Å². The highest BCUT2D eigenvalue weighted by Crippen LogP contribution is 2.55. The van der Waals surface area contributed by atoms with Crippen molar-refractivity contribution in [2.45, 2.75) is 25.3 Å². The summed E-state index contributed by atoms with van der Waals surface area (Å²) in [7, 11) is 0. The zero-order chi connectivity index (χ0) is 26.6. The van der Waals surface area contributed by atoms with Crippen molar-refractivity contribution in [3.63, 3.8) is 0 Å². The maximum atomic E-state index is 14.3. The first-order valence-corrected chi connectivity index (χ1v) is 13.0. The number of amides is 2. The molecule has 0 fully saturated rings. The summed E-state index contributed by atoms with van der Waals surface area (Å²) in [6.45, 7) is 2.74. The molecule has 0 aliphatic carbocycles. The maximum absolute atomic E-state index is 14.3. The Morgan fingerprint density at radius 2 is 1.67 bits per heavy atom. The third-order valence-electron chi connectivity index (χ3n) is 7.82. The van der Waals surface area contributed by atoms with E-state index in [0.717, 1.165) is 40.0 Å². The Morgan fingerprint density at radius 3 is 2.54 bits per heavy atom. The fourth-order valence-corrected chi connectivity index (χ4v) is 5.86. The average Bonchev–Trinajstić information content (AvgIpc) is 3.65. The summed E-state index contributed by atoms with van der Waals surface area (Å²) in [5, 5.41) is 3.04. The minimum absolute atomic E-state index is 0.0620. The Hall–Kier alpha value is -4.78. The molecule has 3 aliphatic rings. The molecule has 4 aromatic carbocycles. The van der Waals surface area contributed by atoms with E-state index >= 15 is 0 Å². The lowest BCUT2D eigenvalue weighted by Crippen LogP contribution is -2.42. The van der Waals surface area contributed by atoms with E-state index in [1.165, 1.54) is 0 Å². The van der Waals surface area contributed by atoms with Crippen LogP contribution in [0.3, 0.4) is 0 Å². The minimum atomic E-state index is -0.967. The molecule has 3 heterocycles. The molecule has 1 spiro atoms. The van der Waals surface area contributed by atoms with E-state index in [1.54, 1.807) is 11.0 Å². The molecule has 0 saturated heterocycles. The van der Waals surface area contributed by atoms with Gasteiger partial charge in [0.15, 0.2) is 11.5 Å². The van der Waals surface area contributed by atoms with Gasteiger partial charge in [0.1, 0.15) is 17.8 Å². The lowest BCUT2D eigenvalue weighted by molar-refractivity contribution is -0.122. The first kappa shape index (κ1) is 23.3. The predicted molar refractivity (Wildman–Crippen MR) is 147 cm³/mol. The minimum Gasteiger partial charge on any atom is -0.491 e. The van der Waals surface area contributed by atoms with Crippen molar-refractivity contribution in [2.75, 3.05) is 23.6 Å². The van der Waals surface area contributed by atoms with Crippen LogP contribution in [0.25, 0.3) is 0 Å². The van der Waals surface area contributed by atoms with Gasteiger partial charge in [-0.1, -0.05) is 55.5 Å². The van der Waals surface area contributed by atoms with Gasteiger partial charge in [0.25, 0.3) is 5.91 Å². The van der Waals surface area contributed by atoms with Gasteiger partial charge in [0, 0.05) is 28.6 Å². The number of nitrogens with zero attached hydrogens (tertiary/aromatic N) is 1. The number of ether oxygens (including phenoxy) is 3. The highest BCUT2D eigenvalue weighted by molar-refractivity contribution is 6.11. The summed E-state index contributed by atoms with van der Waals surface area (Å²) in [4.78, 5) is 29.2. The van der Waals surface area contributed by atoms with Crippen molar-refractivity contribution in [1.29, 1.82) is 0 Å². The Morgan fingerprint density at radius 1 is 0.872 bits per heavy atom. The fourth-order valence-electron chi connectivity index (χ4n) is 5.86. The van der Waals surface area contributed by atoms with E-state index in [2.05, 4.69) is 12.2 Å². The van der Waals surface area contributed by atoms with Crippen LogP contribution in [0.2, 0.25) is 0 Å². The molecule has 3 aliphatic heterocycles. The third kappa shape index (κ3) is 3.57. The highest BCUT2D eigenvalue weighted by Gasteiger charge is 2.57. The molecule has 2 amide bonds. The Kier molecular flexibility index (Phi) is 5.33. The SMILES string of the molecule is CCc1ccccc1NC(=O)c1cccc(CN2C(=O)C3(COc4cc5c(cc43)OCO5)c3ccccc32)c1. The first-order chi connectivity index (χ1) is 19.1. The largest absolute Gasteiger partial charge is 0.491 e. The van der Waals surface area contributed by atoms with Crippen LogP contribution in [0.5, 0.6) is 17.2 Å². The standard InChI is InChI=1S/C32H26N2O5/c1-2-21-9-3-5-12-25(21)33-30(35)22-10-7-8-20(14-22)17-34-26-13-6-4-11-23(26)32(31(34)36)18-37-27-16-29-28(15-24(27)32)38-19-39-29/h3-16H,2,17-19H2,1H3,(H,33,35). The van der Waals surface area contributed by atoms with E-state index in [0.29, 0.717) is 29.4 Å². The van der Waals surface area contributed by atoms with Crippen LogP contribution in [-0.2, 0) is 23.2 Å². The number of hydrogen-bond donors (Lipinski definition) is 1. The molecule has 7 rings (SSSR count). The predicted octanol–water partition coefficient (Wildman–Crippen LogP) is 5.46. The van der Waals surface area contributed by atoms with E-state index in [9.17, 15) is 9.59 Å². The molecule has 1 N–H and O–H groups in total. The molecule has 0 bridgehead atoms. The number of rotatable bonds is 5. The van der Waals surface area contributed by atoms with Crippen molar-refractivity contribution in [2.24, 2.45) is 0 Å². The summed E-state index contributed by atoms with van der Waals surface area (Å²) in [6, 6.07) is 26.8. The van der Waals surface area contributed by atoms with Crippen LogP contribution in [0.4, 0.5) is 11.4 Å². The van der Waals surface area contributed by atoms with Crippen molar-refractivity contribution in [3.8, 4) is 17.2 Å². The van der Waals surface area contributed by atoms with E-state index < -0.39 is 5.41 Å². The van der Waals surface area contributed by atoms with Gasteiger partial charge in [-0.25, -0.2) is 0 Å². The number of carbonyl (C=O) groups is 2. The van der Waals surface area contributed by atoms with Crippen LogP contribution >= 0.6 is 0 Å². The zero-order valence-corrected chi connectivity index (χ0v) is 21.4. The number of para-hydroxylation sites is 2. The molecule has 194 valence electrons. The summed E-state index contributed by atoms with van der Waals surface area (Å²) in [5.41, 5.74) is 4.84. The second-order valence-electron chi connectivity index (χ2n) is 9.97. The van der Waals surface area contributed by atoms with Crippen LogP contribution in [-0.4, -0.2) is 25.2 Å². The number of carbonyl (C=O) groups excluding carboxylic acids is 2. The Bertz CT molecular complexity index is 1650. The van der Waals surface area contributed by atoms with Crippen LogP contribution in [0, 0.1) is 0 Å². The molecule has 1 unspecified atom stereocenters. The molecule has 0 aromatic heterocycles. The normalized spacial score (nSPS) is 18.2. The first-order valence-electron chi connectivity index (χ1n) is 13.0. The topological polar surface area (TPSA) is 77.1 Å². The van der Waals surface area contributed by atoms with E-state index in [4.69, 9.17) is 14.2 Å². The summed E-state index contributed by atoms with van der Waals surface area (Å²) >= 11 is 0. The summed E-state index contributed by atoms with van der Waals surface area (Å²) in [6.07, 6.45) is 0.823. The van der Waals surface area contributed by atoms with Crippen molar-refractivity contribution in [3.05, 3.63) is 113 Å². The number of anilines is 2. The van der Waals surface area contributed by atoms with Crippen LogP contribution in [0.15, 0.2) is 84.9 Å². The van der Waals surface area contributed by atoms with Gasteiger partial charge in [-0.2, -0.15) is 0 Å². The highest BCUT2D eigenvalue weighted by atomic mass is 16.7. The fraction of sp³-hybridized carbons (Fsp3) is 0.188. The monoisotopic (exact) mass is 518 g/mol. The molecular formula is C32H26N2O5. The number of hydrogen-bond acceptors (Lipinski definition) is 5. The molecular weight excluding hydrogens is 492 g/mol. The van der Waals surface area contributed by atoms with Crippen molar-refractivity contribution >= 4 is 23.2 Å². The van der Waals surface area contributed by atoms with Gasteiger partial charge in [0.05, 0.1) is 6.54 Å². The summed E-state index contributed by atoms with van der Waals surface area (Å²) in [5.74, 6) is 1.63. The van der Waals surface area contributed by atoms with Crippen LogP contribution < -0.4 is 24.4 Å². The van der Waals surface area contributed by atoms with Gasteiger partial charge in [-0.3, -0.25) is 9.59 Å². The number of benzene rings is 4. The molecule has 0 radical (unpaired) electrons. The Labute approximate surface area is 225 Å². The quantitative estimate of drug-likeness (QED) is 0.380. The van der Waals surface area contributed by atoms with Crippen LogP contribution in [0.1, 0.15) is 39.5 Å². The Balaban J connectivity index is 1.21. The van der Waals surface area contributed by atoms with Gasteiger partial charge < -0.3 is 24.4 Å². The van der Waals surface area contributed by atoms with Gasteiger partial charge in [0.2, 0.25) is 12.7 Å². The van der Waals surface area contributed by atoms with Gasteiger partial charge >= 0.3 is 0 Å². The smallest absolute Gasteiger partial charge is 0.255 e. The molecule has 39 heavy (non-hydrogen) atoms. The van der Waals surface area contributed by atoms with E-state index in [-0.39, 0.29) is 25.2 Å². The molecule has 1 atom stereocenters. The van der Waals surface area contributed by atoms with E-state index in [1.807, 2.05) is 78.9 Å². The second-order valence-corrected chi connectivity index (χ2v) is 9.97. The molecule has 4 aromatic rings.